The average Bonchev–Trinajstić information content (AvgIpc) is 3.08. The maximum absolute atomic E-state index is 12.6. The molecule has 112 valence electrons. The first-order chi connectivity index (χ1) is 10.1. The Morgan fingerprint density at radius 3 is 2.95 bits per heavy atom. The summed E-state index contributed by atoms with van der Waals surface area (Å²) in [6, 6.07) is 1.86. The minimum Gasteiger partial charge on any atom is -0.351 e. The van der Waals surface area contributed by atoms with Crippen LogP contribution in [0.15, 0.2) is 23.0 Å². The number of aromatic nitrogens is 3. The highest BCUT2D eigenvalue weighted by Crippen LogP contribution is 2.21. The van der Waals surface area contributed by atoms with Crippen LogP contribution in [0.5, 0.6) is 0 Å². The first-order valence-corrected chi connectivity index (χ1v) is 7.37. The maximum atomic E-state index is 12.6. The molecule has 1 aliphatic heterocycles. The summed E-state index contributed by atoms with van der Waals surface area (Å²) in [5, 5.41) is 8.13. The molecule has 1 fully saturated rings. The third kappa shape index (κ3) is 2.99. The molecule has 1 aliphatic rings. The van der Waals surface area contributed by atoms with E-state index in [0.717, 1.165) is 43.6 Å². The average molecular weight is 288 g/mol. The van der Waals surface area contributed by atoms with Gasteiger partial charge in [0.05, 0.1) is 24.5 Å². The van der Waals surface area contributed by atoms with Crippen molar-refractivity contribution in [2.45, 2.75) is 45.7 Å². The van der Waals surface area contributed by atoms with Gasteiger partial charge in [0.25, 0.3) is 5.91 Å². The van der Waals surface area contributed by atoms with Crippen LogP contribution >= 0.6 is 0 Å². The van der Waals surface area contributed by atoms with Crippen LogP contribution in [0, 0.1) is 13.8 Å². The fourth-order valence-corrected chi connectivity index (χ4v) is 2.85. The Balaban J connectivity index is 1.76. The third-order valence-corrected chi connectivity index (χ3v) is 3.89. The summed E-state index contributed by atoms with van der Waals surface area (Å²) in [5.74, 6) is 0.264. The molecule has 0 aromatic carbocycles. The Morgan fingerprint density at radius 2 is 2.29 bits per heavy atom. The zero-order chi connectivity index (χ0) is 14.8. The number of likely N-dealkylation sites (tertiary alicyclic amines) is 1. The summed E-state index contributed by atoms with van der Waals surface area (Å²) in [6.45, 7) is 5.33. The molecule has 21 heavy (non-hydrogen) atoms. The number of nitrogens with zero attached hydrogens (tertiary/aromatic N) is 4. The van der Waals surface area contributed by atoms with E-state index in [-0.39, 0.29) is 11.9 Å². The summed E-state index contributed by atoms with van der Waals surface area (Å²) < 4.78 is 7.03. The first-order valence-electron chi connectivity index (χ1n) is 7.37. The van der Waals surface area contributed by atoms with Crippen LogP contribution in [0.2, 0.25) is 0 Å². The van der Waals surface area contributed by atoms with E-state index in [1.54, 1.807) is 6.07 Å². The number of aryl methyl sites for hydroxylation is 2. The van der Waals surface area contributed by atoms with Gasteiger partial charge in [0, 0.05) is 18.8 Å². The van der Waals surface area contributed by atoms with E-state index < -0.39 is 0 Å². The number of carbonyl (C=O) groups is 1. The van der Waals surface area contributed by atoms with Gasteiger partial charge in [0.15, 0.2) is 0 Å². The van der Waals surface area contributed by atoms with Gasteiger partial charge in [-0.2, -0.15) is 5.10 Å². The van der Waals surface area contributed by atoms with E-state index in [0.29, 0.717) is 5.76 Å². The zero-order valence-electron chi connectivity index (χ0n) is 12.5. The molecule has 0 saturated carbocycles. The van der Waals surface area contributed by atoms with Gasteiger partial charge in [0.2, 0.25) is 5.76 Å². The van der Waals surface area contributed by atoms with Crippen molar-refractivity contribution < 1.29 is 9.32 Å². The Kier molecular flexibility index (Phi) is 3.77. The van der Waals surface area contributed by atoms with Crippen molar-refractivity contribution >= 4 is 5.91 Å². The zero-order valence-corrected chi connectivity index (χ0v) is 12.5. The van der Waals surface area contributed by atoms with Crippen LogP contribution in [0.4, 0.5) is 0 Å². The van der Waals surface area contributed by atoms with Gasteiger partial charge in [0.1, 0.15) is 0 Å². The van der Waals surface area contributed by atoms with E-state index in [9.17, 15) is 4.79 Å². The number of rotatable bonds is 3. The quantitative estimate of drug-likeness (QED) is 0.868. The molecule has 3 heterocycles. The van der Waals surface area contributed by atoms with E-state index in [4.69, 9.17) is 4.52 Å². The topological polar surface area (TPSA) is 64.2 Å². The number of amides is 1. The summed E-state index contributed by atoms with van der Waals surface area (Å²) in [4.78, 5) is 14.5. The molecule has 1 atom stereocenters. The van der Waals surface area contributed by atoms with Gasteiger partial charge in [-0.25, -0.2) is 0 Å². The van der Waals surface area contributed by atoms with Crippen molar-refractivity contribution in [1.29, 1.82) is 0 Å². The van der Waals surface area contributed by atoms with Crippen molar-refractivity contribution in [2.24, 2.45) is 0 Å². The second kappa shape index (κ2) is 5.71. The fraction of sp³-hybridized carbons (Fsp3) is 0.533. The predicted molar refractivity (Wildman–Crippen MR) is 76.9 cm³/mol. The lowest BCUT2D eigenvalue weighted by molar-refractivity contribution is 0.0542. The van der Waals surface area contributed by atoms with Crippen molar-refractivity contribution in [2.75, 3.05) is 6.54 Å². The molecule has 1 unspecified atom stereocenters. The van der Waals surface area contributed by atoms with Crippen LogP contribution in [0.25, 0.3) is 0 Å². The number of hydrogen-bond acceptors (Lipinski definition) is 4. The minimum absolute atomic E-state index is 0.0656. The molecule has 1 amide bonds. The van der Waals surface area contributed by atoms with Crippen molar-refractivity contribution in [3.8, 4) is 0 Å². The Bertz CT molecular complexity index is 631. The molecule has 0 aliphatic carbocycles. The molecule has 0 radical (unpaired) electrons. The maximum Gasteiger partial charge on any atom is 0.292 e. The second-order valence-electron chi connectivity index (χ2n) is 5.72. The number of carbonyl (C=O) groups excluding carboxylic acids is 1. The number of piperidine rings is 1. The monoisotopic (exact) mass is 288 g/mol. The van der Waals surface area contributed by atoms with Gasteiger partial charge >= 0.3 is 0 Å². The molecule has 2 aromatic heterocycles. The normalized spacial score (nSPS) is 19.0. The highest BCUT2D eigenvalue weighted by molar-refractivity contribution is 5.91. The molecule has 0 N–H and O–H groups in total. The van der Waals surface area contributed by atoms with Crippen LogP contribution in [-0.4, -0.2) is 38.3 Å². The summed E-state index contributed by atoms with van der Waals surface area (Å²) in [5.41, 5.74) is 1.86. The van der Waals surface area contributed by atoms with Crippen LogP contribution in [-0.2, 0) is 6.54 Å². The highest BCUT2D eigenvalue weighted by atomic mass is 16.5. The molecule has 2 aromatic rings. The Hall–Kier alpha value is -2.11. The van der Waals surface area contributed by atoms with E-state index in [1.165, 1.54) is 0 Å². The minimum atomic E-state index is -0.0656. The van der Waals surface area contributed by atoms with Crippen molar-refractivity contribution in [1.82, 2.24) is 19.8 Å². The second-order valence-corrected chi connectivity index (χ2v) is 5.72. The summed E-state index contributed by atoms with van der Waals surface area (Å²) >= 11 is 0. The van der Waals surface area contributed by atoms with Gasteiger partial charge in [-0.05, 0) is 38.7 Å². The van der Waals surface area contributed by atoms with Gasteiger partial charge in [-0.1, -0.05) is 5.16 Å². The lowest BCUT2D eigenvalue weighted by Crippen LogP contribution is -2.45. The largest absolute Gasteiger partial charge is 0.351 e. The Morgan fingerprint density at radius 1 is 1.43 bits per heavy atom. The lowest BCUT2D eigenvalue weighted by atomic mass is 10.0. The summed E-state index contributed by atoms with van der Waals surface area (Å²) in [7, 11) is 0. The number of hydrogen-bond donors (Lipinski definition) is 0. The van der Waals surface area contributed by atoms with E-state index >= 15 is 0 Å². The van der Waals surface area contributed by atoms with E-state index in [1.807, 2.05) is 35.8 Å². The molecule has 0 spiro atoms. The third-order valence-electron chi connectivity index (χ3n) is 3.89. The van der Waals surface area contributed by atoms with Crippen molar-refractivity contribution in [3.05, 3.63) is 35.5 Å². The van der Waals surface area contributed by atoms with Gasteiger partial charge in [-0.15, -0.1) is 0 Å². The van der Waals surface area contributed by atoms with Crippen LogP contribution < -0.4 is 0 Å². The lowest BCUT2D eigenvalue weighted by Gasteiger charge is -2.35. The smallest absolute Gasteiger partial charge is 0.292 e. The fourth-order valence-electron chi connectivity index (χ4n) is 2.85. The van der Waals surface area contributed by atoms with Crippen LogP contribution in [0.1, 0.15) is 41.1 Å². The van der Waals surface area contributed by atoms with E-state index in [2.05, 4.69) is 10.3 Å². The SMILES string of the molecule is Cc1cnn(CC2CCCCN2C(=O)c2cc(C)no2)c1. The predicted octanol–water partition coefficient (Wildman–Crippen LogP) is 2.18. The molecule has 3 rings (SSSR count). The molecular formula is C15H20N4O2. The van der Waals surface area contributed by atoms with Gasteiger partial charge in [-0.3, -0.25) is 9.48 Å². The molecule has 6 nitrogen and oxygen atoms in total. The van der Waals surface area contributed by atoms with Gasteiger partial charge < -0.3 is 9.42 Å². The molecule has 6 heteroatoms. The highest BCUT2D eigenvalue weighted by Gasteiger charge is 2.29. The van der Waals surface area contributed by atoms with Crippen LogP contribution in [0.3, 0.4) is 0 Å². The standard InChI is InChI=1S/C15H20N4O2/c1-11-8-16-18(9-11)10-13-5-3-4-6-19(13)15(20)14-7-12(2)17-21-14/h7-9,13H,3-6,10H2,1-2H3. The first kappa shape index (κ1) is 13.9. The molecule has 0 bridgehead atoms. The molecule has 1 saturated heterocycles. The summed E-state index contributed by atoms with van der Waals surface area (Å²) in [6.07, 6.45) is 7.03. The van der Waals surface area contributed by atoms with Crippen molar-refractivity contribution in [3.63, 3.8) is 0 Å². The molecular weight excluding hydrogens is 268 g/mol. The Labute approximate surface area is 123 Å².